The topological polar surface area (TPSA) is 63.7 Å². The maximum absolute atomic E-state index is 12.7. The monoisotopic (exact) mass is 437 g/mol. The maximum atomic E-state index is 12.7. The zero-order chi connectivity index (χ0) is 21.6. The summed E-state index contributed by atoms with van der Waals surface area (Å²) in [5.41, 5.74) is 2.69. The molecule has 0 saturated carbocycles. The average molecular weight is 438 g/mol. The van der Waals surface area contributed by atoms with Crippen LogP contribution in [0.25, 0.3) is 10.6 Å². The summed E-state index contributed by atoms with van der Waals surface area (Å²) >= 11 is 1.45. The third-order valence-electron chi connectivity index (χ3n) is 5.54. The van der Waals surface area contributed by atoms with Gasteiger partial charge < -0.3 is 14.8 Å². The first-order valence-electron chi connectivity index (χ1n) is 10.4. The summed E-state index contributed by atoms with van der Waals surface area (Å²) in [6.45, 7) is 2.92. The fraction of sp³-hybridized carbons (Fsp3) is 0.333. The molecule has 162 valence electrons. The second-order valence-corrected chi connectivity index (χ2v) is 8.48. The van der Waals surface area contributed by atoms with E-state index in [9.17, 15) is 4.79 Å². The number of aromatic nitrogens is 1. The van der Waals surface area contributed by atoms with Gasteiger partial charge in [0.25, 0.3) is 5.91 Å². The molecule has 0 bridgehead atoms. The van der Waals surface area contributed by atoms with E-state index in [2.05, 4.69) is 39.5 Å². The van der Waals surface area contributed by atoms with Crippen LogP contribution >= 0.6 is 11.3 Å². The first kappa shape index (κ1) is 21.3. The van der Waals surface area contributed by atoms with E-state index in [4.69, 9.17) is 9.47 Å². The molecule has 1 aliphatic rings. The van der Waals surface area contributed by atoms with E-state index in [0.717, 1.165) is 43.0 Å². The average Bonchev–Trinajstić information content (AvgIpc) is 3.31. The number of carbonyl (C=O) groups is 1. The Labute approximate surface area is 186 Å². The van der Waals surface area contributed by atoms with E-state index in [1.54, 1.807) is 14.2 Å². The van der Waals surface area contributed by atoms with Gasteiger partial charge >= 0.3 is 0 Å². The fourth-order valence-corrected chi connectivity index (χ4v) is 4.61. The zero-order valence-corrected chi connectivity index (χ0v) is 18.7. The molecule has 2 heterocycles. The summed E-state index contributed by atoms with van der Waals surface area (Å²) in [5.74, 6) is 1.20. The third-order valence-corrected chi connectivity index (χ3v) is 6.43. The molecule has 0 aliphatic carbocycles. The number of methoxy groups -OCH3 is 2. The van der Waals surface area contributed by atoms with Crippen LogP contribution < -0.4 is 14.8 Å². The number of ether oxygens (including phenoxy) is 2. The van der Waals surface area contributed by atoms with Crippen LogP contribution in [0.3, 0.4) is 0 Å². The molecule has 0 atom stereocenters. The van der Waals surface area contributed by atoms with Crippen molar-refractivity contribution in [2.45, 2.75) is 25.4 Å². The highest BCUT2D eigenvalue weighted by molar-refractivity contribution is 7.13. The number of piperidine rings is 1. The minimum absolute atomic E-state index is 0.107. The molecule has 31 heavy (non-hydrogen) atoms. The number of hydrogen-bond acceptors (Lipinski definition) is 6. The minimum atomic E-state index is -0.107. The first-order chi connectivity index (χ1) is 15.2. The second kappa shape index (κ2) is 9.94. The Morgan fingerprint density at radius 1 is 1.10 bits per heavy atom. The molecule has 0 radical (unpaired) electrons. The van der Waals surface area contributed by atoms with Crippen LogP contribution in [0, 0.1) is 0 Å². The van der Waals surface area contributed by atoms with Gasteiger partial charge in [-0.1, -0.05) is 30.3 Å². The van der Waals surface area contributed by atoms with Gasteiger partial charge in [-0.15, -0.1) is 11.3 Å². The van der Waals surface area contributed by atoms with Crippen LogP contribution in [0.1, 0.15) is 28.9 Å². The lowest BCUT2D eigenvalue weighted by Crippen LogP contribution is -2.44. The van der Waals surface area contributed by atoms with Gasteiger partial charge in [0.1, 0.15) is 10.7 Å². The number of nitrogens with one attached hydrogen (secondary N) is 1. The second-order valence-electron chi connectivity index (χ2n) is 7.62. The molecular formula is C24H27N3O3S. The number of hydrogen-bond donors (Lipinski definition) is 1. The van der Waals surface area contributed by atoms with Crippen molar-refractivity contribution in [1.82, 2.24) is 15.2 Å². The summed E-state index contributed by atoms with van der Waals surface area (Å²) < 4.78 is 10.7. The Morgan fingerprint density at radius 3 is 2.55 bits per heavy atom. The van der Waals surface area contributed by atoms with Crippen LogP contribution in [-0.4, -0.2) is 49.1 Å². The van der Waals surface area contributed by atoms with Crippen LogP contribution in [0.4, 0.5) is 0 Å². The van der Waals surface area contributed by atoms with Crippen LogP contribution in [0.2, 0.25) is 0 Å². The summed E-state index contributed by atoms with van der Waals surface area (Å²) in [5, 5.41) is 5.75. The minimum Gasteiger partial charge on any atom is -0.493 e. The van der Waals surface area contributed by atoms with Crippen molar-refractivity contribution < 1.29 is 14.3 Å². The summed E-state index contributed by atoms with van der Waals surface area (Å²) in [6.07, 6.45) is 1.90. The Morgan fingerprint density at radius 2 is 1.84 bits per heavy atom. The standard InChI is InChI=1S/C24H27N3O3S/c1-29-21-9-8-18(14-22(21)30-2)24-26-20(16-31-24)23(28)25-19-10-12-27(13-11-19)15-17-6-4-3-5-7-17/h3-9,14,16,19H,10-13,15H2,1-2H3,(H,25,28). The highest BCUT2D eigenvalue weighted by Gasteiger charge is 2.22. The summed E-state index contributed by atoms with van der Waals surface area (Å²) in [4.78, 5) is 19.7. The van der Waals surface area contributed by atoms with Crippen molar-refractivity contribution in [3.63, 3.8) is 0 Å². The predicted molar refractivity (Wildman–Crippen MR) is 123 cm³/mol. The number of amides is 1. The van der Waals surface area contributed by atoms with E-state index >= 15 is 0 Å². The predicted octanol–water partition coefficient (Wildman–Crippen LogP) is 4.22. The molecule has 3 aromatic rings. The van der Waals surface area contributed by atoms with E-state index in [-0.39, 0.29) is 11.9 Å². The van der Waals surface area contributed by atoms with Gasteiger partial charge in [-0.05, 0) is 36.6 Å². The van der Waals surface area contributed by atoms with E-state index in [0.29, 0.717) is 17.2 Å². The summed E-state index contributed by atoms with van der Waals surface area (Å²) in [7, 11) is 3.21. The molecule has 1 saturated heterocycles. The SMILES string of the molecule is COc1ccc(-c2nc(C(=O)NC3CCN(Cc4ccccc4)CC3)cs2)cc1OC. The lowest BCUT2D eigenvalue weighted by atomic mass is 10.0. The van der Waals surface area contributed by atoms with Crippen molar-refractivity contribution >= 4 is 17.2 Å². The number of rotatable bonds is 7. The molecule has 4 rings (SSSR count). The van der Waals surface area contributed by atoms with E-state index in [1.165, 1.54) is 16.9 Å². The lowest BCUT2D eigenvalue weighted by molar-refractivity contribution is 0.0904. The Hall–Kier alpha value is -2.90. The maximum Gasteiger partial charge on any atom is 0.270 e. The van der Waals surface area contributed by atoms with Crippen LogP contribution in [-0.2, 0) is 6.54 Å². The first-order valence-corrected chi connectivity index (χ1v) is 11.3. The molecule has 2 aromatic carbocycles. The molecule has 7 heteroatoms. The van der Waals surface area contributed by atoms with Gasteiger partial charge in [-0.2, -0.15) is 0 Å². The Balaban J connectivity index is 1.32. The van der Waals surface area contributed by atoms with Gasteiger partial charge in [0, 0.05) is 36.6 Å². The van der Waals surface area contributed by atoms with E-state index in [1.807, 2.05) is 29.6 Å². The van der Waals surface area contributed by atoms with E-state index < -0.39 is 0 Å². The van der Waals surface area contributed by atoms with Crippen molar-refractivity contribution in [3.05, 3.63) is 65.2 Å². The number of thiazole rings is 1. The Bertz CT molecular complexity index is 1010. The van der Waals surface area contributed by atoms with Crippen molar-refractivity contribution in [2.75, 3.05) is 27.3 Å². The van der Waals surface area contributed by atoms with Gasteiger partial charge in [0.15, 0.2) is 11.5 Å². The number of likely N-dealkylation sites (tertiary alicyclic amines) is 1. The number of benzene rings is 2. The molecular weight excluding hydrogens is 410 g/mol. The molecule has 0 spiro atoms. The smallest absolute Gasteiger partial charge is 0.270 e. The Kier molecular flexibility index (Phi) is 6.84. The molecule has 6 nitrogen and oxygen atoms in total. The molecule has 1 aliphatic heterocycles. The quantitative estimate of drug-likeness (QED) is 0.600. The molecule has 0 unspecified atom stereocenters. The lowest BCUT2D eigenvalue weighted by Gasteiger charge is -2.32. The largest absolute Gasteiger partial charge is 0.493 e. The van der Waals surface area contributed by atoms with Gasteiger partial charge in [0.05, 0.1) is 14.2 Å². The number of nitrogens with zero attached hydrogens (tertiary/aromatic N) is 2. The highest BCUT2D eigenvalue weighted by Crippen LogP contribution is 2.33. The van der Waals surface area contributed by atoms with Crippen molar-refractivity contribution in [3.8, 4) is 22.1 Å². The third kappa shape index (κ3) is 5.24. The highest BCUT2D eigenvalue weighted by atomic mass is 32.1. The van der Waals surface area contributed by atoms with Gasteiger partial charge in [-0.25, -0.2) is 4.98 Å². The van der Waals surface area contributed by atoms with Crippen LogP contribution in [0.5, 0.6) is 11.5 Å². The van der Waals surface area contributed by atoms with Gasteiger partial charge in [0.2, 0.25) is 0 Å². The summed E-state index contributed by atoms with van der Waals surface area (Å²) in [6, 6.07) is 16.3. The van der Waals surface area contributed by atoms with Gasteiger partial charge in [-0.3, -0.25) is 9.69 Å². The van der Waals surface area contributed by atoms with Crippen LogP contribution in [0.15, 0.2) is 53.9 Å². The molecule has 1 amide bonds. The molecule has 1 N–H and O–H groups in total. The molecule has 1 fully saturated rings. The number of carbonyl (C=O) groups excluding carboxylic acids is 1. The molecule has 1 aromatic heterocycles. The van der Waals surface area contributed by atoms with Crippen molar-refractivity contribution in [1.29, 1.82) is 0 Å². The van der Waals surface area contributed by atoms with Crippen molar-refractivity contribution in [2.24, 2.45) is 0 Å². The normalized spacial score (nSPS) is 14.9. The zero-order valence-electron chi connectivity index (χ0n) is 17.8. The fourth-order valence-electron chi connectivity index (χ4n) is 3.82.